The zero-order chi connectivity index (χ0) is 11.5. The van der Waals surface area contributed by atoms with E-state index in [-0.39, 0.29) is 0 Å². The number of nitrogens with zero attached hydrogens (tertiary/aromatic N) is 2. The first kappa shape index (κ1) is 11.7. The highest BCUT2D eigenvalue weighted by Gasteiger charge is 2.17. The van der Waals surface area contributed by atoms with Crippen LogP contribution in [-0.2, 0) is 0 Å². The van der Waals surface area contributed by atoms with Gasteiger partial charge in [-0.15, -0.1) is 0 Å². The van der Waals surface area contributed by atoms with E-state index < -0.39 is 6.10 Å². The van der Waals surface area contributed by atoms with Crippen LogP contribution in [0.4, 0.5) is 5.69 Å². The lowest BCUT2D eigenvalue weighted by atomic mass is 10.2. The minimum atomic E-state index is -0.482. The number of anilines is 1. The van der Waals surface area contributed by atoms with Crippen molar-refractivity contribution >= 4 is 17.4 Å². The molecule has 0 aromatic carbocycles. The van der Waals surface area contributed by atoms with Crippen LogP contribution < -0.4 is 4.90 Å². The van der Waals surface area contributed by atoms with E-state index in [1.165, 1.54) is 5.75 Å². The second kappa shape index (κ2) is 5.06. The molecule has 1 aliphatic rings. The molecule has 16 heavy (non-hydrogen) atoms. The summed E-state index contributed by atoms with van der Waals surface area (Å²) in [4.78, 5) is 6.64. The highest BCUT2D eigenvalue weighted by molar-refractivity contribution is 8.00. The second-order valence-corrected chi connectivity index (χ2v) is 5.79. The maximum Gasteiger partial charge on any atom is 0.0931 e. The summed E-state index contributed by atoms with van der Waals surface area (Å²) in [5.74, 6) is 1.18. The van der Waals surface area contributed by atoms with Crippen molar-refractivity contribution in [2.75, 3.05) is 23.7 Å². The molecule has 4 heteroatoms. The fourth-order valence-corrected chi connectivity index (χ4v) is 2.90. The van der Waals surface area contributed by atoms with Crippen LogP contribution in [0.1, 0.15) is 25.6 Å². The van der Waals surface area contributed by atoms with E-state index in [4.69, 9.17) is 0 Å². The number of aliphatic hydroxyl groups is 1. The highest BCUT2D eigenvalue weighted by Crippen LogP contribution is 2.23. The van der Waals surface area contributed by atoms with Crippen molar-refractivity contribution in [3.63, 3.8) is 0 Å². The number of hydrogen-bond acceptors (Lipinski definition) is 4. The lowest BCUT2D eigenvalue weighted by Gasteiger charge is -2.32. The Bertz CT molecular complexity index is 339. The summed E-state index contributed by atoms with van der Waals surface area (Å²) < 4.78 is 0. The van der Waals surface area contributed by atoms with Gasteiger partial charge in [-0.05, 0) is 19.1 Å². The van der Waals surface area contributed by atoms with Crippen LogP contribution >= 0.6 is 11.8 Å². The van der Waals surface area contributed by atoms with E-state index >= 15 is 0 Å². The van der Waals surface area contributed by atoms with Crippen LogP contribution in [0.25, 0.3) is 0 Å². The van der Waals surface area contributed by atoms with Gasteiger partial charge in [0.15, 0.2) is 0 Å². The van der Waals surface area contributed by atoms with Crippen LogP contribution in [0.5, 0.6) is 0 Å². The minimum Gasteiger partial charge on any atom is -0.387 e. The summed E-state index contributed by atoms with van der Waals surface area (Å²) in [6.07, 6.45) is 1.38. The predicted octanol–water partition coefficient (Wildman–Crippen LogP) is 2.08. The number of hydrogen-bond donors (Lipinski definition) is 1. The molecule has 0 amide bonds. The molecule has 0 bridgehead atoms. The van der Waals surface area contributed by atoms with Crippen molar-refractivity contribution < 1.29 is 5.11 Å². The molecule has 1 N–H and O–H groups in total. The molecule has 0 spiro atoms. The molecule has 1 aliphatic heterocycles. The Morgan fingerprint density at radius 3 is 2.94 bits per heavy atom. The lowest BCUT2D eigenvalue weighted by molar-refractivity contribution is 0.194. The Balaban J connectivity index is 2.09. The Labute approximate surface area is 101 Å². The van der Waals surface area contributed by atoms with Crippen molar-refractivity contribution in [3.05, 3.63) is 24.0 Å². The molecule has 1 saturated heterocycles. The third kappa shape index (κ3) is 2.68. The Morgan fingerprint density at radius 2 is 2.38 bits per heavy atom. The molecule has 2 heterocycles. The van der Waals surface area contributed by atoms with Gasteiger partial charge in [0, 0.05) is 24.1 Å². The predicted molar refractivity (Wildman–Crippen MR) is 69.0 cm³/mol. The standard InChI is InChI=1S/C12H18N2OS/c1-9-8-14(5-6-16-9)11-3-4-12(10(2)15)13-7-11/h3-4,7,9-10,15H,5-6,8H2,1-2H3/t9?,10-/m1/s1. The van der Waals surface area contributed by atoms with Crippen LogP contribution in [0.2, 0.25) is 0 Å². The van der Waals surface area contributed by atoms with Crippen LogP contribution in [0.15, 0.2) is 18.3 Å². The summed E-state index contributed by atoms with van der Waals surface area (Å²) >= 11 is 2.02. The van der Waals surface area contributed by atoms with E-state index in [0.717, 1.165) is 24.5 Å². The topological polar surface area (TPSA) is 36.4 Å². The van der Waals surface area contributed by atoms with Gasteiger partial charge in [0.05, 0.1) is 23.7 Å². The molecular formula is C12H18N2OS. The first-order chi connectivity index (χ1) is 7.66. The number of aromatic nitrogens is 1. The molecule has 1 aromatic heterocycles. The number of aliphatic hydroxyl groups excluding tert-OH is 1. The van der Waals surface area contributed by atoms with Crippen molar-refractivity contribution in [2.45, 2.75) is 25.2 Å². The zero-order valence-electron chi connectivity index (χ0n) is 9.76. The van der Waals surface area contributed by atoms with E-state index in [1.807, 2.05) is 24.0 Å². The summed E-state index contributed by atoms with van der Waals surface area (Å²) in [5, 5.41) is 10.1. The molecule has 88 valence electrons. The molecule has 0 radical (unpaired) electrons. The summed E-state index contributed by atoms with van der Waals surface area (Å²) in [6.45, 7) is 6.17. The second-order valence-electron chi connectivity index (χ2n) is 4.24. The Hall–Kier alpha value is -0.740. The van der Waals surface area contributed by atoms with Crippen molar-refractivity contribution in [1.29, 1.82) is 0 Å². The zero-order valence-corrected chi connectivity index (χ0v) is 10.6. The molecule has 3 nitrogen and oxygen atoms in total. The van der Waals surface area contributed by atoms with Gasteiger partial charge in [-0.2, -0.15) is 11.8 Å². The first-order valence-electron chi connectivity index (χ1n) is 5.67. The number of pyridine rings is 1. The highest BCUT2D eigenvalue weighted by atomic mass is 32.2. The van der Waals surface area contributed by atoms with E-state index in [2.05, 4.69) is 22.9 Å². The molecule has 2 rings (SSSR count). The third-order valence-corrected chi connectivity index (χ3v) is 3.94. The molecule has 2 atom stereocenters. The molecule has 1 fully saturated rings. The van der Waals surface area contributed by atoms with Crippen molar-refractivity contribution in [2.24, 2.45) is 0 Å². The van der Waals surface area contributed by atoms with Gasteiger partial charge in [-0.25, -0.2) is 0 Å². The molecule has 0 saturated carbocycles. The van der Waals surface area contributed by atoms with Gasteiger partial charge in [-0.1, -0.05) is 6.92 Å². The fraction of sp³-hybridized carbons (Fsp3) is 0.583. The number of rotatable bonds is 2. The smallest absolute Gasteiger partial charge is 0.0931 e. The van der Waals surface area contributed by atoms with Crippen LogP contribution in [0, 0.1) is 0 Å². The quantitative estimate of drug-likeness (QED) is 0.856. The van der Waals surface area contributed by atoms with Crippen LogP contribution in [0.3, 0.4) is 0 Å². The summed E-state index contributed by atoms with van der Waals surface area (Å²) in [6, 6.07) is 3.96. The van der Waals surface area contributed by atoms with Gasteiger partial charge < -0.3 is 10.0 Å². The summed E-state index contributed by atoms with van der Waals surface area (Å²) in [7, 11) is 0. The molecular weight excluding hydrogens is 220 g/mol. The van der Waals surface area contributed by atoms with E-state index in [0.29, 0.717) is 5.25 Å². The summed E-state index contributed by atoms with van der Waals surface area (Å²) in [5.41, 5.74) is 1.90. The normalized spacial score (nSPS) is 23.2. The fourth-order valence-electron chi connectivity index (χ4n) is 1.88. The van der Waals surface area contributed by atoms with Crippen molar-refractivity contribution in [3.8, 4) is 0 Å². The number of thioether (sulfide) groups is 1. The maximum absolute atomic E-state index is 9.39. The Morgan fingerprint density at radius 1 is 1.56 bits per heavy atom. The molecule has 1 unspecified atom stereocenters. The van der Waals surface area contributed by atoms with Gasteiger partial charge in [0.1, 0.15) is 0 Å². The maximum atomic E-state index is 9.39. The average molecular weight is 238 g/mol. The Kier molecular flexibility index (Phi) is 3.71. The largest absolute Gasteiger partial charge is 0.387 e. The van der Waals surface area contributed by atoms with Gasteiger partial charge in [0.2, 0.25) is 0 Å². The average Bonchev–Trinajstić information content (AvgIpc) is 2.29. The van der Waals surface area contributed by atoms with Gasteiger partial charge >= 0.3 is 0 Å². The van der Waals surface area contributed by atoms with Gasteiger partial charge in [-0.3, -0.25) is 4.98 Å². The SMILES string of the molecule is CC1CN(c2ccc([C@@H](C)O)nc2)CCS1. The third-order valence-electron chi connectivity index (χ3n) is 2.81. The lowest BCUT2D eigenvalue weighted by Crippen LogP contribution is -2.36. The van der Waals surface area contributed by atoms with Gasteiger partial charge in [0.25, 0.3) is 0 Å². The van der Waals surface area contributed by atoms with Crippen molar-refractivity contribution in [1.82, 2.24) is 4.98 Å². The van der Waals surface area contributed by atoms with Crippen LogP contribution in [-0.4, -0.2) is 34.2 Å². The molecule has 1 aromatic rings. The first-order valence-corrected chi connectivity index (χ1v) is 6.72. The minimum absolute atomic E-state index is 0.482. The van der Waals surface area contributed by atoms with E-state index in [1.54, 1.807) is 6.92 Å². The molecule has 0 aliphatic carbocycles. The van der Waals surface area contributed by atoms with E-state index in [9.17, 15) is 5.11 Å². The monoisotopic (exact) mass is 238 g/mol.